The zero-order valence-electron chi connectivity index (χ0n) is 10.1. The molecule has 1 heterocycles. The molecule has 0 saturated carbocycles. The second kappa shape index (κ2) is 7.22. The zero-order valence-corrected chi connectivity index (χ0v) is 11.8. The minimum Gasteiger partial charge on any atom is -0.465 e. The van der Waals surface area contributed by atoms with Crippen molar-refractivity contribution in [1.82, 2.24) is 10.3 Å². The van der Waals surface area contributed by atoms with Gasteiger partial charge in [0.25, 0.3) is 5.91 Å². The lowest BCUT2D eigenvalue weighted by molar-refractivity contribution is 0.0959. The number of anilines is 1. The van der Waals surface area contributed by atoms with Gasteiger partial charge in [0, 0.05) is 12.3 Å². The zero-order chi connectivity index (χ0) is 13.5. The normalized spacial score (nSPS) is 10.1. The summed E-state index contributed by atoms with van der Waals surface area (Å²) in [5.41, 5.74) is 0.532. The molecule has 8 heteroatoms. The topological polar surface area (TPSA) is 91.3 Å². The third kappa shape index (κ3) is 4.53. The van der Waals surface area contributed by atoms with Gasteiger partial charge in [0.05, 0.1) is 5.69 Å². The smallest absolute Gasteiger partial charge is 0.410 e. The van der Waals surface area contributed by atoms with Crippen LogP contribution in [0, 0.1) is 6.92 Å². The summed E-state index contributed by atoms with van der Waals surface area (Å²) >= 11 is 2.78. The minimum atomic E-state index is -1.19. The molecule has 0 radical (unpaired) electrons. The molecule has 100 valence electrons. The van der Waals surface area contributed by atoms with Gasteiger partial charge in [-0.2, -0.15) is 11.8 Å². The second-order valence-electron chi connectivity index (χ2n) is 3.32. The number of carbonyl (C=O) groups is 2. The first-order chi connectivity index (χ1) is 8.54. The molecule has 6 nitrogen and oxygen atoms in total. The summed E-state index contributed by atoms with van der Waals surface area (Å²) in [6.07, 6.45) is -1.19. The van der Waals surface area contributed by atoms with Crippen LogP contribution in [0.1, 0.15) is 22.3 Å². The van der Waals surface area contributed by atoms with E-state index in [0.717, 1.165) is 22.8 Å². The second-order valence-corrected chi connectivity index (χ2v) is 5.71. The molecule has 0 aliphatic rings. The third-order valence-corrected chi connectivity index (χ3v) is 3.93. The third-order valence-electron chi connectivity index (χ3n) is 1.95. The SMILES string of the molecule is CCSCCNC(=O)c1sc(NC(=O)O)nc1C. The Bertz CT molecular complexity index is 434. The Morgan fingerprint density at radius 1 is 1.50 bits per heavy atom. The van der Waals surface area contributed by atoms with E-state index in [0.29, 0.717) is 17.1 Å². The highest BCUT2D eigenvalue weighted by atomic mass is 32.2. The van der Waals surface area contributed by atoms with Gasteiger partial charge in [0.15, 0.2) is 5.13 Å². The number of hydrogen-bond donors (Lipinski definition) is 3. The van der Waals surface area contributed by atoms with Crippen LogP contribution in [-0.2, 0) is 0 Å². The molecule has 0 aromatic carbocycles. The van der Waals surface area contributed by atoms with E-state index >= 15 is 0 Å². The van der Waals surface area contributed by atoms with E-state index in [-0.39, 0.29) is 11.0 Å². The van der Waals surface area contributed by atoms with Gasteiger partial charge < -0.3 is 10.4 Å². The van der Waals surface area contributed by atoms with Crippen molar-refractivity contribution in [2.24, 2.45) is 0 Å². The summed E-state index contributed by atoms with van der Waals surface area (Å²) in [6, 6.07) is 0. The molecule has 0 atom stereocenters. The number of aromatic nitrogens is 1. The average molecular weight is 289 g/mol. The summed E-state index contributed by atoms with van der Waals surface area (Å²) in [5.74, 6) is 1.67. The molecule has 0 saturated heterocycles. The van der Waals surface area contributed by atoms with E-state index in [2.05, 4.69) is 22.5 Å². The number of carboxylic acid groups (broad SMARTS) is 1. The Morgan fingerprint density at radius 2 is 2.22 bits per heavy atom. The molecule has 0 unspecified atom stereocenters. The number of nitrogens with zero attached hydrogens (tertiary/aromatic N) is 1. The number of aryl methyl sites for hydroxylation is 1. The van der Waals surface area contributed by atoms with Crippen molar-refractivity contribution in [2.75, 3.05) is 23.4 Å². The van der Waals surface area contributed by atoms with Crippen molar-refractivity contribution in [2.45, 2.75) is 13.8 Å². The van der Waals surface area contributed by atoms with Crippen molar-refractivity contribution in [3.8, 4) is 0 Å². The Kier molecular flexibility index (Phi) is 5.93. The molecule has 3 N–H and O–H groups in total. The number of hydrogen-bond acceptors (Lipinski definition) is 5. The van der Waals surface area contributed by atoms with E-state index in [1.807, 2.05) is 0 Å². The van der Waals surface area contributed by atoms with Crippen molar-refractivity contribution in [3.05, 3.63) is 10.6 Å². The summed E-state index contributed by atoms with van der Waals surface area (Å²) in [6.45, 7) is 4.33. The molecule has 0 spiro atoms. The fourth-order valence-electron chi connectivity index (χ4n) is 1.21. The maximum atomic E-state index is 11.8. The Hall–Kier alpha value is -1.28. The standard InChI is InChI=1S/C10H15N3O3S2/c1-3-17-5-4-11-8(14)7-6(2)12-9(18-7)13-10(15)16/h3-5H2,1-2H3,(H,11,14)(H,12,13)(H,15,16). The first-order valence-corrected chi connectivity index (χ1v) is 7.35. The minimum absolute atomic E-state index is 0.208. The average Bonchev–Trinajstić information content (AvgIpc) is 2.64. The van der Waals surface area contributed by atoms with Crippen LogP contribution in [-0.4, -0.2) is 40.1 Å². The fraction of sp³-hybridized carbons (Fsp3) is 0.500. The quantitative estimate of drug-likeness (QED) is 0.697. The van der Waals surface area contributed by atoms with Crippen molar-refractivity contribution in [3.63, 3.8) is 0 Å². The number of amides is 2. The Labute approximate surface area is 113 Å². The number of thiazole rings is 1. The van der Waals surface area contributed by atoms with Gasteiger partial charge >= 0.3 is 6.09 Å². The Morgan fingerprint density at radius 3 is 2.83 bits per heavy atom. The van der Waals surface area contributed by atoms with Crippen LogP contribution in [0.2, 0.25) is 0 Å². The molecule has 1 aromatic rings. The van der Waals surface area contributed by atoms with Crippen LogP contribution in [0.5, 0.6) is 0 Å². The van der Waals surface area contributed by atoms with Crippen LogP contribution in [0.4, 0.5) is 9.93 Å². The Balaban J connectivity index is 2.56. The molecule has 0 fully saturated rings. The van der Waals surface area contributed by atoms with Crippen LogP contribution in [0.25, 0.3) is 0 Å². The lowest BCUT2D eigenvalue weighted by Gasteiger charge is -2.02. The van der Waals surface area contributed by atoms with Crippen molar-refractivity contribution in [1.29, 1.82) is 0 Å². The van der Waals surface area contributed by atoms with Gasteiger partial charge in [-0.3, -0.25) is 10.1 Å². The summed E-state index contributed by atoms with van der Waals surface area (Å²) in [7, 11) is 0. The van der Waals surface area contributed by atoms with Crippen LogP contribution in [0.15, 0.2) is 0 Å². The number of thioether (sulfide) groups is 1. The van der Waals surface area contributed by atoms with Crippen molar-refractivity contribution < 1.29 is 14.7 Å². The van der Waals surface area contributed by atoms with Gasteiger partial charge in [-0.25, -0.2) is 9.78 Å². The monoisotopic (exact) mass is 289 g/mol. The van der Waals surface area contributed by atoms with Crippen LogP contribution >= 0.6 is 23.1 Å². The van der Waals surface area contributed by atoms with Gasteiger partial charge in [0.1, 0.15) is 4.88 Å². The fourth-order valence-corrected chi connectivity index (χ4v) is 2.62. The first-order valence-electron chi connectivity index (χ1n) is 5.38. The molecular formula is C10H15N3O3S2. The highest BCUT2D eigenvalue weighted by molar-refractivity contribution is 7.99. The van der Waals surface area contributed by atoms with Gasteiger partial charge in [-0.15, -0.1) is 0 Å². The van der Waals surface area contributed by atoms with Gasteiger partial charge in [0.2, 0.25) is 0 Å². The van der Waals surface area contributed by atoms with Crippen LogP contribution in [0.3, 0.4) is 0 Å². The molecule has 1 rings (SSSR count). The molecule has 2 amide bonds. The van der Waals surface area contributed by atoms with E-state index in [9.17, 15) is 9.59 Å². The van der Waals surface area contributed by atoms with Gasteiger partial charge in [-0.05, 0) is 12.7 Å². The van der Waals surface area contributed by atoms with Crippen LogP contribution < -0.4 is 10.6 Å². The number of rotatable bonds is 6. The molecule has 0 aliphatic carbocycles. The highest BCUT2D eigenvalue weighted by Gasteiger charge is 2.15. The molecule has 0 aliphatic heterocycles. The van der Waals surface area contributed by atoms with Gasteiger partial charge in [-0.1, -0.05) is 18.3 Å². The maximum Gasteiger partial charge on any atom is 0.410 e. The van der Waals surface area contributed by atoms with E-state index in [1.54, 1.807) is 18.7 Å². The predicted octanol–water partition coefficient (Wildman–Crippen LogP) is 2.02. The molecule has 1 aromatic heterocycles. The van der Waals surface area contributed by atoms with Crippen molar-refractivity contribution >= 4 is 40.2 Å². The summed E-state index contributed by atoms with van der Waals surface area (Å²) in [5, 5.41) is 13.7. The predicted molar refractivity (Wildman–Crippen MR) is 73.8 cm³/mol. The summed E-state index contributed by atoms with van der Waals surface area (Å²) in [4.78, 5) is 26.7. The highest BCUT2D eigenvalue weighted by Crippen LogP contribution is 2.22. The molecular weight excluding hydrogens is 274 g/mol. The molecule has 0 bridgehead atoms. The van der Waals surface area contributed by atoms with E-state index in [4.69, 9.17) is 5.11 Å². The summed E-state index contributed by atoms with van der Waals surface area (Å²) < 4.78 is 0. The first kappa shape index (κ1) is 14.8. The van der Waals surface area contributed by atoms with E-state index in [1.165, 1.54) is 0 Å². The number of nitrogens with one attached hydrogen (secondary N) is 2. The number of carbonyl (C=O) groups excluding carboxylic acids is 1. The van der Waals surface area contributed by atoms with E-state index < -0.39 is 6.09 Å². The lowest BCUT2D eigenvalue weighted by atomic mass is 10.4. The largest absolute Gasteiger partial charge is 0.465 e. The lowest BCUT2D eigenvalue weighted by Crippen LogP contribution is -2.25. The maximum absolute atomic E-state index is 11.8. The molecule has 18 heavy (non-hydrogen) atoms.